The summed E-state index contributed by atoms with van der Waals surface area (Å²) < 4.78 is 19.4. The van der Waals surface area contributed by atoms with Gasteiger partial charge in [0.05, 0.1) is 11.7 Å². The molecule has 1 atom stereocenters. The van der Waals surface area contributed by atoms with Gasteiger partial charge in [-0.3, -0.25) is 4.79 Å². The number of halogens is 1. The fraction of sp³-hybridized carbons (Fsp3) is 0.500. The van der Waals surface area contributed by atoms with E-state index in [1.165, 1.54) is 12.1 Å². The number of ether oxygens (including phenoxy) is 1. The van der Waals surface area contributed by atoms with E-state index in [0.29, 0.717) is 17.8 Å². The zero-order valence-electron chi connectivity index (χ0n) is 11.0. The van der Waals surface area contributed by atoms with Gasteiger partial charge in [-0.05, 0) is 43.9 Å². The predicted octanol–water partition coefficient (Wildman–Crippen LogP) is 2.02. The highest BCUT2D eigenvalue weighted by Gasteiger charge is 2.18. The smallest absolute Gasteiger partial charge is 0.254 e. The van der Waals surface area contributed by atoms with Gasteiger partial charge in [0, 0.05) is 18.8 Å². The van der Waals surface area contributed by atoms with Crippen molar-refractivity contribution in [3.05, 3.63) is 29.1 Å². The maximum Gasteiger partial charge on any atom is 0.254 e. The molecule has 19 heavy (non-hydrogen) atoms. The van der Waals surface area contributed by atoms with Crippen molar-refractivity contribution in [3.8, 4) is 0 Å². The SMILES string of the molecule is Cc1cc(N)cc(C(=O)NCC2CCCCO2)c1F. The first-order valence-corrected chi connectivity index (χ1v) is 6.53. The molecule has 4 nitrogen and oxygen atoms in total. The van der Waals surface area contributed by atoms with E-state index in [2.05, 4.69) is 5.32 Å². The highest BCUT2D eigenvalue weighted by Crippen LogP contribution is 2.17. The third kappa shape index (κ3) is 3.44. The van der Waals surface area contributed by atoms with Gasteiger partial charge in [-0.2, -0.15) is 0 Å². The molecular weight excluding hydrogens is 247 g/mol. The molecule has 3 N–H and O–H groups in total. The second kappa shape index (κ2) is 6.02. The second-order valence-corrected chi connectivity index (χ2v) is 4.90. The Kier molecular flexibility index (Phi) is 4.37. The molecule has 1 aromatic carbocycles. The van der Waals surface area contributed by atoms with E-state index in [9.17, 15) is 9.18 Å². The van der Waals surface area contributed by atoms with E-state index in [0.717, 1.165) is 25.9 Å². The monoisotopic (exact) mass is 266 g/mol. The maximum atomic E-state index is 13.8. The molecule has 0 aliphatic carbocycles. The number of hydrogen-bond donors (Lipinski definition) is 2. The van der Waals surface area contributed by atoms with Crippen molar-refractivity contribution in [1.82, 2.24) is 5.32 Å². The van der Waals surface area contributed by atoms with Crippen molar-refractivity contribution in [3.63, 3.8) is 0 Å². The highest BCUT2D eigenvalue weighted by atomic mass is 19.1. The number of hydrogen-bond acceptors (Lipinski definition) is 3. The van der Waals surface area contributed by atoms with Crippen LogP contribution < -0.4 is 11.1 Å². The highest BCUT2D eigenvalue weighted by molar-refractivity contribution is 5.95. The van der Waals surface area contributed by atoms with Gasteiger partial charge in [-0.15, -0.1) is 0 Å². The lowest BCUT2D eigenvalue weighted by atomic mass is 10.1. The van der Waals surface area contributed by atoms with Crippen LogP contribution in [-0.2, 0) is 4.74 Å². The van der Waals surface area contributed by atoms with Gasteiger partial charge in [0.15, 0.2) is 0 Å². The first kappa shape index (κ1) is 13.8. The van der Waals surface area contributed by atoms with Crippen molar-refractivity contribution < 1.29 is 13.9 Å². The summed E-state index contributed by atoms with van der Waals surface area (Å²) in [6, 6.07) is 2.87. The Hall–Kier alpha value is -1.62. The fourth-order valence-electron chi connectivity index (χ4n) is 2.23. The minimum atomic E-state index is -0.517. The van der Waals surface area contributed by atoms with Crippen LogP contribution >= 0.6 is 0 Å². The summed E-state index contributed by atoms with van der Waals surface area (Å²) in [4.78, 5) is 12.0. The topological polar surface area (TPSA) is 64.4 Å². The predicted molar refractivity (Wildman–Crippen MR) is 71.5 cm³/mol. The van der Waals surface area contributed by atoms with E-state index >= 15 is 0 Å². The summed E-state index contributed by atoms with van der Waals surface area (Å²) in [5.74, 6) is -0.960. The Morgan fingerprint density at radius 3 is 3.00 bits per heavy atom. The van der Waals surface area contributed by atoms with Gasteiger partial charge >= 0.3 is 0 Å². The van der Waals surface area contributed by atoms with Crippen LogP contribution in [0.5, 0.6) is 0 Å². The molecular formula is C14H19FN2O2. The number of benzene rings is 1. The third-order valence-electron chi connectivity index (χ3n) is 3.29. The molecule has 1 amide bonds. The Morgan fingerprint density at radius 1 is 1.53 bits per heavy atom. The number of rotatable bonds is 3. The minimum absolute atomic E-state index is 0.00619. The summed E-state index contributed by atoms with van der Waals surface area (Å²) in [5, 5.41) is 2.70. The zero-order valence-corrected chi connectivity index (χ0v) is 11.0. The summed E-state index contributed by atoms with van der Waals surface area (Å²) in [6.07, 6.45) is 3.13. The Labute approximate surface area is 112 Å². The summed E-state index contributed by atoms with van der Waals surface area (Å²) in [7, 11) is 0. The molecule has 1 aliphatic rings. The molecule has 1 saturated heterocycles. The molecule has 0 spiro atoms. The van der Waals surface area contributed by atoms with Gasteiger partial charge in [0.1, 0.15) is 5.82 Å². The van der Waals surface area contributed by atoms with Crippen molar-refractivity contribution in [1.29, 1.82) is 0 Å². The number of anilines is 1. The summed E-state index contributed by atoms with van der Waals surface area (Å²) in [6.45, 7) is 2.73. The van der Waals surface area contributed by atoms with Crippen LogP contribution in [0.25, 0.3) is 0 Å². The van der Waals surface area contributed by atoms with Gasteiger partial charge in [-0.1, -0.05) is 0 Å². The maximum absolute atomic E-state index is 13.8. The van der Waals surface area contributed by atoms with Crippen LogP contribution in [0.3, 0.4) is 0 Å². The van der Waals surface area contributed by atoms with Crippen LogP contribution in [0.15, 0.2) is 12.1 Å². The first-order valence-electron chi connectivity index (χ1n) is 6.53. The molecule has 5 heteroatoms. The van der Waals surface area contributed by atoms with Crippen LogP contribution in [0, 0.1) is 12.7 Å². The fourth-order valence-corrected chi connectivity index (χ4v) is 2.23. The molecule has 1 aromatic rings. The van der Waals surface area contributed by atoms with Crippen LogP contribution in [0.2, 0.25) is 0 Å². The van der Waals surface area contributed by atoms with Crippen molar-refractivity contribution in [2.75, 3.05) is 18.9 Å². The Bertz CT molecular complexity index is 471. The van der Waals surface area contributed by atoms with E-state index < -0.39 is 11.7 Å². The minimum Gasteiger partial charge on any atom is -0.399 e. The van der Waals surface area contributed by atoms with E-state index in [1.807, 2.05) is 0 Å². The molecule has 0 aromatic heterocycles. The number of nitrogens with one attached hydrogen (secondary N) is 1. The molecule has 1 heterocycles. The first-order chi connectivity index (χ1) is 9.08. The van der Waals surface area contributed by atoms with Gasteiger partial charge in [0.25, 0.3) is 5.91 Å². The van der Waals surface area contributed by atoms with Crippen LogP contribution in [0.4, 0.5) is 10.1 Å². The number of carbonyl (C=O) groups excluding carboxylic acids is 1. The number of nitrogen functional groups attached to an aromatic ring is 1. The lowest BCUT2D eigenvalue weighted by Gasteiger charge is -2.22. The van der Waals surface area contributed by atoms with Crippen molar-refractivity contribution >= 4 is 11.6 Å². The number of amides is 1. The number of aryl methyl sites for hydroxylation is 1. The molecule has 2 rings (SSSR count). The Morgan fingerprint density at radius 2 is 2.32 bits per heavy atom. The normalized spacial score (nSPS) is 19.2. The molecule has 0 bridgehead atoms. The zero-order chi connectivity index (χ0) is 13.8. The summed E-state index contributed by atoms with van der Waals surface area (Å²) >= 11 is 0. The standard InChI is InChI=1S/C14H19FN2O2/c1-9-6-10(16)7-12(13(9)15)14(18)17-8-11-4-2-3-5-19-11/h6-7,11H,2-5,8,16H2,1H3,(H,17,18). The average Bonchev–Trinajstić information content (AvgIpc) is 2.41. The van der Waals surface area contributed by atoms with E-state index in [1.54, 1.807) is 6.92 Å². The molecule has 0 radical (unpaired) electrons. The molecule has 1 unspecified atom stereocenters. The average molecular weight is 266 g/mol. The molecule has 1 aliphatic heterocycles. The van der Waals surface area contributed by atoms with E-state index in [4.69, 9.17) is 10.5 Å². The second-order valence-electron chi connectivity index (χ2n) is 4.90. The largest absolute Gasteiger partial charge is 0.399 e. The summed E-state index contributed by atoms with van der Waals surface area (Å²) in [5.41, 5.74) is 6.39. The van der Waals surface area contributed by atoms with Crippen molar-refractivity contribution in [2.45, 2.75) is 32.3 Å². The van der Waals surface area contributed by atoms with Crippen molar-refractivity contribution in [2.24, 2.45) is 0 Å². The van der Waals surface area contributed by atoms with Gasteiger partial charge in [-0.25, -0.2) is 4.39 Å². The molecule has 1 fully saturated rings. The lowest BCUT2D eigenvalue weighted by molar-refractivity contribution is 0.0168. The third-order valence-corrected chi connectivity index (χ3v) is 3.29. The number of carbonyl (C=O) groups is 1. The lowest BCUT2D eigenvalue weighted by Crippen LogP contribution is -2.35. The van der Waals surface area contributed by atoms with Crippen LogP contribution in [-0.4, -0.2) is 25.2 Å². The van der Waals surface area contributed by atoms with E-state index in [-0.39, 0.29) is 11.7 Å². The molecule has 104 valence electrons. The van der Waals surface area contributed by atoms with Gasteiger partial charge < -0.3 is 15.8 Å². The van der Waals surface area contributed by atoms with Gasteiger partial charge in [0.2, 0.25) is 0 Å². The van der Waals surface area contributed by atoms with Crippen LogP contribution in [0.1, 0.15) is 35.2 Å². The molecule has 0 saturated carbocycles. The number of nitrogens with two attached hydrogens (primary N) is 1. The Balaban J connectivity index is 1.99. The quantitative estimate of drug-likeness (QED) is 0.823.